The molecule has 5 rings (SSSR count). The Bertz CT molecular complexity index is 1590. The Morgan fingerprint density at radius 2 is 1.56 bits per heavy atom. The SMILES string of the molecule is CCOC(=O)N1CCN(C(=O)[C@H](CCC(=O)OC(C)(C)C)NC(=O)c2cc(N[C@@H]3C[C@H]3c3ccccc3)nc(-c3ccccc3)n2)CC1. The van der Waals surface area contributed by atoms with Crippen LogP contribution >= 0.6 is 0 Å². The molecule has 1 saturated carbocycles. The van der Waals surface area contributed by atoms with Gasteiger partial charge in [0.05, 0.1) is 6.61 Å². The molecule has 1 aliphatic carbocycles. The van der Waals surface area contributed by atoms with Crippen molar-refractivity contribution in [3.63, 3.8) is 0 Å². The fourth-order valence-electron chi connectivity index (χ4n) is 5.66. The molecule has 48 heavy (non-hydrogen) atoms. The Labute approximate surface area is 281 Å². The lowest BCUT2D eigenvalue weighted by Crippen LogP contribution is -2.56. The summed E-state index contributed by atoms with van der Waals surface area (Å²) < 4.78 is 10.6. The number of nitrogens with zero attached hydrogens (tertiary/aromatic N) is 4. The number of hydrogen-bond donors (Lipinski definition) is 2. The number of rotatable bonds is 11. The highest BCUT2D eigenvalue weighted by molar-refractivity contribution is 5.97. The highest BCUT2D eigenvalue weighted by atomic mass is 16.6. The molecular weight excluding hydrogens is 612 g/mol. The minimum absolute atomic E-state index is 0.0279. The fraction of sp³-hybridized carbons (Fsp3) is 0.444. The second-order valence-electron chi connectivity index (χ2n) is 13.0. The summed E-state index contributed by atoms with van der Waals surface area (Å²) in [6.07, 6.45) is 0.453. The number of carbonyl (C=O) groups excluding carboxylic acids is 4. The molecule has 12 nitrogen and oxygen atoms in total. The maximum Gasteiger partial charge on any atom is 0.409 e. The molecule has 3 amide bonds. The van der Waals surface area contributed by atoms with E-state index in [9.17, 15) is 19.2 Å². The van der Waals surface area contributed by atoms with Crippen molar-refractivity contribution in [3.05, 3.63) is 78.0 Å². The van der Waals surface area contributed by atoms with Crippen LogP contribution < -0.4 is 10.6 Å². The Balaban J connectivity index is 1.35. The standard InChI is InChI=1S/C36H44N6O6/c1-5-47-35(46)42-20-18-41(19-21-42)34(45)27(16-17-31(43)48-36(2,3)4)39-33(44)29-23-30(40-32(38-29)25-14-10-7-11-15-25)37-28-22-26(28)24-12-8-6-9-13-24/h6-15,23,26-28H,5,16-22H2,1-4H3,(H,39,44)(H,37,38,40)/t26-,27-,28+/m0/s1. The van der Waals surface area contributed by atoms with E-state index in [-0.39, 0.29) is 50.2 Å². The first-order chi connectivity index (χ1) is 23.0. The van der Waals surface area contributed by atoms with Gasteiger partial charge in [0.15, 0.2) is 5.82 Å². The van der Waals surface area contributed by atoms with E-state index in [2.05, 4.69) is 27.8 Å². The van der Waals surface area contributed by atoms with Gasteiger partial charge in [-0.05, 0) is 46.1 Å². The third-order valence-corrected chi connectivity index (χ3v) is 8.12. The van der Waals surface area contributed by atoms with Crippen LogP contribution in [0.25, 0.3) is 11.4 Å². The topological polar surface area (TPSA) is 143 Å². The van der Waals surface area contributed by atoms with Crippen LogP contribution in [-0.2, 0) is 19.1 Å². The number of hydrogen-bond acceptors (Lipinski definition) is 9. The van der Waals surface area contributed by atoms with Crippen molar-refractivity contribution in [1.82, 2.24) is 25.1 Å². The van der Waals surface area contributed by atoms with Crippen LogP contribution in [0.1, 0.15) is 68.9 Å². The van der Waals surface area contributed by atoms with Gasteiger partial charge in [-0.2, -0.15) is 0 Å². The van der Waals surface area contributed by atoms with Gasteiger partial charge in [-0.25, -0.2) is 14.8 Å². The first kappa shape index (κ1) is 34.3. The van der Waals surface area contributed by atoms with Crippen molar-refractivity contribution >= 4 is 29.7 Å². The number of piperazine rings is 1. The molecule has 2 aliphatic rings. The summed E-state index contributed by atoms with van der Waals surface area (Å²) in [6.45, 7) is 8.43. The number of carbonyl (C=O) groups is 4. The molecule has 3 aromatic rings. The van der Waals surface area contributed by atoms with Crippen molar-refractivity contribution in [1.29, 1.82) is 0 Å². The molecule has 1 aromatic heterocycles. The highest BCUT2D eigenvalue weighted by Gasteiger charge is 2.39. The second kappa shape index (κ2) is 15.3. The van der Waals surface area contributed by atoms with Gasteiger partial charge in [0.25, 0.3) is 5.91 Å². The Morgan fingerprint density at radius 3 is 2.21 bits per heavy atom. The monoisotopic (exact) mass is 656 g/mol. The molecule has 2 heterocycles. The van der Waals surface area contributed by atoms with E-state index in [1.165, 1.54) is 5.56 Å². The molecule has 0 unspecified atom stereocenters. The van der Waals surface area contributed by atoms with Gasteiger partial charge in [0.1, 0.15) is 23.2 Å². The van der Waals surface area contributed by atoms with Crippen LogP contribution in [0.2, 0.25) is 0 Å². The van der Waals surface area contributed by atoms with Crippen LogP contribution in [0.4, 0.5) is 10.6 Å². The van der Waals surface area contributed by atoms with Gasteiger partial charge >= 0.3 is 12.1 Å². The molecule has 0 spiro atoms. The molecule has 0 radical (unpaired) electrons. The number of anilines is 1. The molecule has 12 heteroatoms. The number of benzene rings is 2. The zero-order valence-electron chi connectivity index (χ0n) is 28.0. The van der Waals surface area contributed by atoms with Crippen LogP contribution in [0, 0.1) is 0 Å². The molecule has 254 valence electrons. The van der Waals surface area contributed by atoms with Crippen LogP contribution in [0.3, 0.4) is 0 Å². The number of amides is 3. The van der Waals surface area contributed by atoms with E-state index < -0.39 is 29.6 Å². The van der Waals surface area contributed by atoms with Crippen LogP contribution in [0.5, 0.6) is 0 Å². The maximum atomic E-state index is 13.9. The van der Waals surface area contributed by atoms with Crippen molar-refractivity contribution in [2.24, 2.45) is 0 Å². The van der Waals surface area contributed by atoms with Crippen molar-refractivity contribution in [2.75, 3.05) is 38.1 Å². The summed E-state index contributed by atoms with van der Waals surface area (Å²) >= 11 is 0. The Morgan fingerprint density at radius 1 is 0.917 bits per heavy atom. The molecule has 2 fully saturated rings. The van der Waals surface area contributed by atoms with Crippen LogP contribution in [0.15, 0.2) is 66.7 Å². The van der Waals surface area contributed by atoms with E-state index in [4.69, 9.17) is 14.5 Å². The molecule has 2 N–H and O–H groups in total. The average Bonchev–Trinajstić information content (AvgIpc) is 3.85. The highest BCUT2D eigenvalue weighted by Crippen LogP contribution is 2.42. The van der Waals surface area contributed by atoms with E-state index in [1.807, 2.05) is 48.5 Å². The number of ether oxygens (including phenoxy) is 2. The number of aromatic nitrogens is 2. The quantitative estimate of drug-likeness (QED) is 0.283. The summed E-state index contributed by atoms with van der Waals surface area (Å²) in [5.74, 6) is -0.189. The summed E-state index contributed by atoms with van der Waals surface area (Å²) in [6, 6.07) is 20.3. The molecule has 3 atom stereocenters. The van der Waals surface area contributed by atoms with Gasteiger partial charge in [-0.1, -0.05) is 60.7 Å². The minimum Gasteiger partial charge on any atom is -0.460 e. The Kier molecular flexibility index (Phi) is 10.9. The van der Waals surface area contributed by atoms with E-state index in [0.717, 1.165) is 12.0 Å². The zero-order valence-corrected chi connectivity index (χ0v) is 28.0. The molecular formula is C36H44N6O6. The number of esters is 1. The fourth-order valence-corrected chi connectivity index (χ4v) is 5.66. The van der Waals surface area contributed by atoms with Crippen molar-refractivity contribution in [3.8, 4) is 11.4 Å². The predicted octanol–water partition coefficient (Wildman–Crippen LogP) is 4.63. The van der Waals surface area contributed by atoms with Gasteiger partial charge in [0.2, 0.25) is 5.91 Å². The minimum atomic E-state index is -1.03. The van der Waals surface area contributed by atoms with Crippen molar-refractivity contribution in [2.45, 2.75) is 70.6 Å². The van der Waals surface area contributed by atoms with Gasteiger partial charge in [-0.3, -0.25) is 14.4 Å². The lowest BCUT2D eigenvalue weighted by Gasteiger charge is -2.36. The molecule has 1 aliphatic heterocycles. The predicted molar refractivity (Wildman–Crippen MR) is 180 cm³/mol. The van der Waals surface area contributed by atoms with Gasteiger partial charge < -0.3 is 29.9 Å². The van der Waals surface area contributed by atoms with Gasteiger partial charge in [0, 0.05) is 56.2 Å². The Hall–Kier alpha value is -5.00. The lowest BCUT2D eigenvalue weighted by molar-refractivity contribution is -0.155. The van der Waals surface area contributed by atoms with Gasteiger partial charge in [-0.15, -0.1) is 0 Å². The normalized spacial score (nSPS) is 18.0. The van der Waals surface area contributed by atoms with Crippen molar-refractivity contribution < 1.29 is 28.7 Å². The lowest BCUT2D eigenvalue weighted by atomic mass is 10.1. The summed E-state index contributed by atoms with van der Waals surface area (Å²) in [5, 5.41) is 6.32. The van der Waals surface area contributed by atoms with Crippen LogP contribution in [-0.4, -0.2) is 94.1 Å². The first-order valence-corrected chi connectivity index (χ1v) is 16.5. The molecule has 2 aromatic carbocycles. The maximum absolute atomic E-state index is 13.9. The third kappa shape index (κ3) is 9.30. The second-order valence-corrected chi connectivity index (χ2v) is 13.0. The summed E-state index contributed by atoms with van der Waals surface area (Å²) in [7, 11) is 0. The van der Waals surface area contributed by atoms with E-state index in [0.29, 0.717) is 30.6 Å². The number of nitrogens with one attached hydrogen (secondary N) is 2. The van der Waals surface area contributed by atoms with E-state index in [1.54, 1.807) is 43.6 Å². The summed E-state index contributed by atoms with van der Waals surface area (Å²) in [5.41, 5.74) is 1.37. The largest absolute Gasteiger partial charge is 0.460 e. The summed E-state index contributed by atoms with van der Waals surface area (Å²) in [4.78, 5) is 65.0. The smallest absolute Gasteiger partial charge is 0.409 e. The zero-order chi connectivity index (χ0) is 34.3. The first-order valence-electron chi connectivity index (χ1n) is 16.5. The molecule has 0 bridgehead atoms. The van der Waals surface area contributed by atoms with E-state index >= 15 is 0 Å². The third-order valence-electron chi connectivity index (χ3n) is 8.12. The average molecular weight is 657 g/mol. The molecule has 1 saturated heterocycles.